The van der Waals surface area contributed by atoms with Gasteiger partial charge in [-0.2, -0.15) is 41.5 Å². The minimum atomic E-state index is 0. The predicted molar refractivity (Wildman–Crippen MR) is 124 cm³/mol. The van der Waals surface area contributed by atoms with Gasteiger partial charge < -0.3 is 38.1 Å². The largest absolute Gasteiger partial charge is 1.00 e. The van der Waals surface area contributed by atoms with Gasteiger partial charge in [-0.3, -0.25) is 6.08 Å². The van der Waals surface area contributed by atoms with Crippen LogP contribution in [0, 0.1) is 18.2 Å². The van der Waals surface area contributed by atoms with Gasteiger partial charge in [0.25, 0.3) is 0 Å². The molecule has 0 aliphatic heterocycles. The molecule has 34 heavy (non-hydrogen) atoms. The summed E-state index contributed by atoms with van der Waals surface area (Å²) in [6.45, 7) is 0. The van der Waals surface area contributed by atoms with Crippen LogP contribution in [0.1, 0.15) is 36.0 Å². The maximum Gasteiger partial charge on any atom is -1.00 e. The molecule has 0 N–H and O–H groups in total. The topological polar surface area (TPSA) is 39.4 Å². The Hall–Kier alpha value is -2.39. The van der Waals surface area contributed by atoms with Crippen LogP contribution in [0.3, 0.4) is 0 Å². The second kappa shape index (κ2) is 17.1. The summed E-state index contributed by atoms with van der Waals surface area (Å²) in [4.78, 5) is 0. The van der Waals surface area contributed by atoms with Crippen LogP contribution in [0.25, 0.3) is 11.1 Å². The Kier molecular flexibility index (Phi) is 14.9. The Morgan fingerprint density at radius 1 is 0.765 bits per heavy atom. The minimum Gasteiger partial charge on any atom is -1.00 e. The maximum atomic E-state index is 5.18. The molecule has 1 unspecified atom stereocenters. The molecule has 3 aliphatic carbocycles. The van der Waals surface area contributed by atoms with Crippen molar-refractivity contribution in [2.45, 2.75) is 18.8 Å². The zero-order valence-electron chi connectivity index (χ0n) is 18.4. The fraction of sp³-hybridized carbons (Fsp3) is 0.107. The molecule has 6 heteroatoms. The van der Waals surface area contributed by atoms with Crippen LogP contribution in [0.2, 0.25) is 0 Å². The summed E-state index contributed by atoms with van der Waals surface area (Å²) in [5.74, 6) is 3.03. The number of halogens is 2. The monoisotopic (exact) mass is 567 g/mol. The minimum absolute atomic E-state index is 0. The van der Waals surface area contributed by atoms with E-state index in [0.29, 0.717) is 0 Å². The molecule has 3 aromatic heterocycles. The van der Waals surface area contributed by atoms with Gasteiger partial charge >= 0.3 is 28.4 Å². The zero-order valence-corrected chi connectivity index (χ0v) is 22.4. The summed E-state index contributed by atoms with van der Waals surface area (Å²) in [5, 5.41) is 0. The van der Waals surface area contributed by atoms with Gasteiger partial charge in [-0.05, 0) is 30.2 Å². The third kappa shape index (κ3) is 9.10. The van der Waals surface area contributed by atoms with Crippen LogP contribution in [0.5, 0.6) is 0 Å². The van der Waals surface area contributed by atoms with Crippen LogP contribution < -0.4 is 24.8 Å². The first-order chi connectivity index (χ1) is 15.9. The summed E-state index contributed by atoms with van der Waals surface area (Å²) in [6, 6.07) is 11.5. The van der Waals surface area contributed by atoms with Gasteiger partial charge in [0.05, 0.1) is 24.5 Å². The van der Waals surface area contributed by atoms with Gasteiger partial charge in [-0.1, -0.05) is 25.0 Å². The quantitative estimate of drug-likeness (QED) is 0.444. The van der Waals surface area contributed by atoms with Crippen molar-refractivity contribution in [3.8, 4) is 0 Å². The molecular weight excluding hydrogens is 546 g/mol. The van der Waals surface area contributed by atoms with Crippen LogP contribution in [0.15, 0.2) is 111 Å². The van der Waals surface area contributed by atoms with Crippen molar-refractivity contribution in [2.75, 3.05) is 0 Å². The number of hydrogen-bond acceptors (Lipinski definition) is 3. The Labute approximate surface area is 228 Å². The molecule has 1 atom stereocenters. The maximum absolute atomic E-state index is 5.18. The smallest absolute Gasteiger partial charge is 1.00 e. The first-order valence-corrected chi connectivity index (χ1v) is 11.9. The van der Waals surface area contributed by atoms with Crippen molar-refractivity contribution in [2.24, 2.45) is 0 Å². The van der Waals surface area contributed by atoms with E-state index in [1.807, 2.05) is 60.7 Å². The third-order valence-electron chi connectivity index (χ3n) is 4.49. The van der Waals surface area contributed by atoms with E-state index in [-0.39, 0.29) is 30.7 Å². The zero-order chi connectivity index (χ0) is 22.4. The van der Waals surface area contributed by atoms with Gasteiger partial charge in [0.15, 0.2) is 0 Å². The Morgan fingerprint density at radius 3 is 1.65 bits per heavy atom. The molecule has 0 fully saturated rings. The third-order valence-corrected chi connectivity index (χ3v) is 4.49. The van der Waals surface area contributed by atoms with Crippen molar-refractivity contribution in [1.82, 2.24) is 0 Å². The van der Waals surface area contributed by atoms with Crippen molar-refractivity contribution in [1.29, 1.82) is 0 Å². The summed E-state index contributed by atoms with van der Waals surface area (Å²) >= 11 is 1.30. The van der Waals surface area contributed by atoms with E-state index in [4.69, 9.17) is 13.3 Å². The number of allylic oxidation sites excluding steroid dienone is 12. The van der Waals surface area contributed by atoms with Crippen molar-refractivity contribution >= 4 is 15.4 Å². The summed E-state index contributed by atoms with van der Waals surface area (Å²) < 4.78 is 18.9. The van der Waals surface area contributed by atoms with E-state index in [2.05, 4.69) is 40.7 Å². The normalized spacial score (nSPS) is 16.0. The van der Waals surface area contributed by atoms with E-state index < -0.39 is 0 Å². The molecule has 3 aliphatic rings. The van der Waals surface area contributed by atoms with E-state index in [0.717, 1.165) is 41.3 Å². The van der Waals surface area contributed by atoms with E-state index in [1.54, 1.807) is 18.8 Å². The molecule has 0 spiro atoms. The molecule has 0 saturated carbocycles. The first kappa shape index (κ1) is 29.6. The summed E-state index contributed by atoms with van der Waals surface area (Å²) in [7, 11) is 0. The van der Waals surface area contributed by atoms with Crippen molar-refractivity contribution in [3.63, 3.8) is 0 Å². The van der Waals surface area contributed by atoms with E-state index >= 15 is 0 Å². The van der Waals surface area contributed by atoms with Crippen LogP contribution >= 0.6 is 0 Å². The fourth-order valence-corrected chi connectivity index (χ4v) is 3.04. The van der Waals surface area contributed by atoms with Gasteiger partial charge in [-0.25, -0.2) is 12.2 Å². The summed E-state index contributed by atoms with van der Waals surface area (Å²) in [6.07, 6.45) is 30.5. The Morgan fingerprint density at radius 2 is 1.29 bits per heavy atom. The van der Waals surface area contributed by atoms with E-state index in [1.165, 1.54) is 24.2 Å². The summed E-state index contributed by atoms with van der Waals surface area (Å²) in [5.41, 5.74) is 2.15. The van der Waals surface area contributed by atoms with Crippen LogP contribution in [-0.4, -0.2) is 4.21 Å². The van der Waals surface area contributed by atoms with Gasteiger partial charge in [0.1, 0.15) is 0 Å². The predicted octanol–water partition coefficient (Wildman–Crippen LogP) is 1.12. The Balaban J connectivity index is 0.000000239. The SMILES string of the molecule is [C-]1=C(c2ccco2)C=CC1.[C-]1=C(c2ccco2)C=CC1.[C-]1=CC=CC1c1ccco1.[CH2]=[Zr+2].[Cl-].[Cl-]. The molecule has 3 nitrogen and oxygen atoms in total. The molecule has 3 heterocycles. The number of hydrogen-bond donors (Lipinski definition) is 0. The molecule has 3 aromatic rings. The average molecular weight is 570 g/mol. The van der Waals surface area contributed by atoms with Crippen molar-refractivity contribution < 1.29 is 62.3 Å². The van der Waals surface area contributed by atoms with Crippen LogP contribution in [0.4, 0.5) is 0 Å². The van der Waals surface area contributed by atoms with Crippen molar-refractivity contribution in [3.05, 3.63) is 133 Å². The molecule has 6 rings (SSSR count). The second-order valence-electron chi connectivity index (χ2n) is 6.56. The molecule has 0 radical (unpaired) electrons. The number of rotatable bonds is 3. The van der Waals surface area contributed by atoms with Crippen LogP contribution in [-0.2, 0) is 24.2 Å². The van der Waals surface area contributed by atoms with E-state index in [9.17, 15) is 0 Å². The molecule has 0 bridgehead atoms. The number of furan rings is 3. The van der Waals surface area contributed by atoms with Gasteiger partial charge in [-0.15, -0.1) is 12.2 Å². The molecule has 174 valence electrons. The first-order valence-electron chi connectivity index (χ1n) is 10.2. The standard InChI is InChI=1S/3C9H7O.CH2.2ClH.Zr/c3*1-2-5-8(4-1)9-6-3-7-10-9;;;;/h2*1,3-4,6-7H,2H2;1-4,6-8H;1H2;2*1H;/q3*-1;;;;+2/p-2. The van der Waals surface area contributed by atoms with Gasteiger partial charge in [0, 0.05) is 11.5 Å². The molecule has 0 saturated heterocycles. The molecular formula is C28H23Cl2O3Zr-3. The second-order valence-corrected chi connectivity index (χ2v) is 6.56. The fourth-order valence-electron chi connectivity index (χ4n) is 3.04. The van der Waals surface area contributed by atoms with Gasteiger partial charge in [0.2, 0.25) is 0 Å². The Bertz CT molecular complexity index is 1030. The molecule has 0 aromatic carbocycles. The molecule has 0 amide bonds. The average Bonchev–Trinajstić information content (AvgIpc) is 3.69.